The Morgan fingerprint density at radius 3 is 2.31 bits per heavy atom. The first-order valence-electron chi connectivity index (χ1n) is 10.8. The second kappa shape index (κ2) is 10.5. The molecule has 1 heterocycles. The topological polar surface area (TPSA) is 38.3 Å². The van der Waals surface area contributed by atoms with Crippen molar-refractivity contribution in [3.05, 3.63) is 94.5 Å². The molecule has 1 amide bonds. The highest BCUT2D eigenvalue weighted by Crippen LogP contribution is 2.31. The standard InChI is InChI=1S/C26H28ClN2O2S/c1-31-23-12-8-21(9-13-23)19-32-25-5-3-2-4-24(25)26(30)29(16-14-28-15-17-29)18-20-6-10-22(27)11-7-20/h2-13,28H,14-19H2,1H3/q+1. The monoisotopic (exact) mass is 467 g/mol. The van der Waals surface area contributed by atoms with E-state index in [4.69, 9.17) is 16.3 Å². The van der Waals surface area contributed by atoms with E-state index in [2.05, 4.69) is 23.5 Å². The van der Waals surface area contributed by atoms with E-state index in [1.165, 1.54) is 5.56 Å². The molecule has 1 aliphatic rings. The van der Waals surface area contributed by atoms with Crippen LogP contribution in [0.25, 0.3) is 0 Å². The third-order valence-electron chi connectivity index (χ3n) is 5.93. The average molecular weight is 468 g/mol. The molecule has 166 valence electrons. The molecule has 0 saturated carbocycles. The van der Waals surface area contributed by atoms with Crippen molar-refractivity contribution in [2.24, 2.45) is 0 Å². The molecule has 4 rings (SSSR count). The van der Waals surface area contributed by atoms with Gasteiger partial charge in [0.15, 0.2) is 0 Å². The summed E-state index contributed by atoms with van der Waals surface area (Å²) in [5.74, 6) is 1.84. The highest BCUT2D eigenvalue weighted by atomic mass is 35.5. The van der Waals surface area contributed by atoms with Gasteiger partial charge in [0.2, 0.25) is 0 Å². The molecule has 1 N–H and O–H groups in total. The van der Waals surface area contributed by atoms with E-state index >= 15 is 0 Å². The number of piperazine rings is 1. The molecule has 3 aromatic rings. The van der Waals surface area contributed by atoms with Gasteiger partial charge < -0.3 is 10.1 Å². The molecule has 32 heavy (non-hydrogen) atoms. The Balaban J connectivity index is 1.57. The molecule has 0 unspecified atom stereocenters. The number of carbonyl (C=O) groups excluding carboxylic acids is 1. The maximum Gasteiger partial charge on any atom is 0.347 e. The first-order valence-corrected chi connectivity index (χ1v) is 12.2. The van der Waals surface area contributed by atoms with Gasteiger partial charge in [0.05, 0.1) is 25.8 Å². The minimum atomic E-state index is 0.194. The van der Waals surface area contributed by atoms with Gasteiger partial charge in [-0.2, -0.15) is 0 Å². The largest absolute Gasteiger partial charge is 0.497 e. The quantitative estimate of drug-likeness (QED) is 0.373. The van der Waals surface area contributed by atoms with Gasteiger partial charge >= 0.3 is 5.91 Å². The molecular weight excluding hydrogens is 440 g/mol. The van der Waals surface area contributed by atoms with Crippen molar-refractivity contribution < 1.29 is 14.0 Å². The summed E-state index contributed by atoms with van der Waals surface area (Å²) < 4.78 is 5.68. The van der Waals surface area contributed by atoms with Crippen LogP contribution in [0.1, 0.15) is 21.5 Å². The van der Waals surface area contributed by atoms with Crippen LogP contribution < -0.4 is 10.1 Å². The van der Waals surface area contributed by atoms with Crippen molar-refractivity contribution >= 4 is 29.3 Å². The van der Waals surface area contributed by atoms with E-state index in [0.29, 0.717) is 16.1 Å². The van der Waals surface area contributed by atoms with E-state index < -0.39 is 0 Å². The van der Waals surface area contributed by atoms with E-state index in [1.807, 2.05) is 54.6 Å². The zero-order valence-corrected chi connectivity index (χ0v) is 19.8. The number of amides is 1. The number of hydrogen-bond donors (Lipinski definition) is 1. The summed E-state index contributed by atoms with van der Waals surface area (Å²) in [6, 6.07) is 24.0. The third kappa shape index (κ3) is 5.36. The number of halogens is 1. The van der Waals surface area contributed by atoms with Crippen molar-refractivity contribution in [3.8, 4) is 5.75 Å². The van der Waals surface area contributed by atoms with Crippen molar-refractivity contribution in [1.29, 1.82) is 0 Å². The average Bonchev–Trinajstić information content (AvgIpc) is 2.85. The van der Waals surface area contributed by atoms with Crippen LogP contribution in [0.3, 0.4) is 0 Å². The second-order valence-corrected chi connectivity index (χ2v) is 9.52. The fourth-order valence-electron chi connectivity index (χ4n) is 4.10. The molecule has 6 heteroatoms. The predicted molar refractivity (Wildman–Crippen MR) is 131 cm³/mol. The van der Waals surface area contributed by atoms with Gasteiger partial charge in [-0.15, -0.1) is 11.8 Å². The maximum absolute atomic E-state index is 14.0. The Bertz CT molecular complexity index is 1050. The Morgan fingerprint density at radius 2 is 1.62 bits per heavy atom. The minimum absolute atomic E-state index is 0.194. The lowest BCUT2D eigenvalue weighted by Gasteiger charge is -2.39. The number of thioether (sulfide) groups is 1. The molecule has 3 aromatic carbocycles. The number of benzene rings is 3. The van der Waals surface area contributed by atoms with Gasteiger partial charge in [-0.1, -0.05) is 48.0 Å². The Morgan fingerprint density at radius 1 is 0.969 bits per heavy atom. The number of carbonyl (C=O) groups is 1. The molecule has 0 aromatic heterocycles. The summed E-state index contributed by atoms with van der Waals surface area (Å²) in [6.45, 7) is 3.90. The Kier molecular flexibility index (Phi) is 7.53. The Labute approximate surface area is 199 Å². The van der Waals surface area contributed by atoms with Crippen LogP contribution in [0, 0.1) is 0 Å². The molecule has 4 nitrogen and oxygen atoms in total. The molecule has 0 aliphatic carbocycles. The summed E-state index contributed by atoms with van der Waals surface area (Å²) in [6.07, 6.45) is 0. The molecule has 0 radical (unpaired) electrons. The number of ether oxygens (including phenoxy) is 1. The first-order chi connectivity index (χ1) is 15.6. The zero-order chi connectivity index (χ0) is 22.4. The molecule has 1 aliphatic heterocycles. The predicted octanol–water partition coefficient (Wildman–Crippen LogP) is 5.40. The zero-order valence-electron chi connectivity index (χ0n) is 18.2. The fraction of sp³-hybridized carbons (Fsp3) is 0.269. The summed E-state index contributed by atoms with van der Waals surface area (Å²) in [4.78, 5) is 15.0. The highest BCUT2D eigenvalue weighted by molar-refractivity contribution is 7.98. The fourth-order valence-corrected chi connectivity index (χ4v) is 5.23. The lowest BCUT2D eigenvalue weighted by molar-refractivity contribution is -0.864. The second-order valence-electron chi connectivity index (χ2n) is 8.07. The minimum Gasteiger partial charge on any atom is -0.497 e. The third-order valence-corrected chi connectivity index (χ3v) is 7.33. The molecule has 0 atom stereocenters. The number of hydrogen-bond acceptors (Lipinski definition) is 4. The van der Waals surface area contributed by atoms with Gasteiger partial charge in [-0.05, 0) is 42.0 Å². The van der Waals surface area contributed by atoms with E-state index in [0.717, 1.165) is 53.7 Å². The van der Waals surface area contributed by atoms with Crippen LogP contribution in [-0.2, 0) is 12.3 Å². The van der Waals surface area contributed by atoms with Gasteiger partial charge in [0.1, 0.15) is 12.3 Å². The van der Waals surface area contributed by atoms with Gasteiger partial charge in [-0.3, -0.25) is 4.48 Å². The van der Waals surface area contributed by atoms with E-state index in [9.17, 15) is 4.79 Å². The lowest BCUT2D eigenvalue weighted by Crippen LogP contribution is -2.61. The summed E-state index contributed by atoms with van der Waals surface area (Å²) in [5.41, 5.74) is 3.14. The molecular formula is C26H28ClN2O2S+. The number of methoxy groups -OCH3 is 1. The van der Waals surface area contributed by atoms with E-state index in [1.54, 1.807) is 18.9 Å². The van der Waals surface area contributed by atoms with E-state index in [-0.39, 0.29) is 5.91 Å². The van der Waals surface area contributed by atoms with Crippen LogP contribution in [0.5, 0.6) is 5.75 Å². The van der Waals surface area contributed by atoms with Crippen molar-refractivity contribution in [2.75, 3.05) is 33.3 Å². The van der Waals surface area contributed by atoms with Crippen molar-refractivity contribution in [3.63, 3.8) is 0 Å². The van der Waals surface area contributed by atoms with Crippen LogP contribution in [0.4, 0.5) is 0 Å². The first kappa shape index (κ1) is 22.9. The summed E-state index contributed by atoms with van der Waals surface area (Å²) in [7, 11) is 1.67. The number of quaternary nitrogens is 1. The van der Waals surface area contributed by atoms with Crippen LogP contribution in [0.15, 0.2) is 77.7 Å². The summed E-state index contributed by atoms with van der Waals surface area (Å²) in [5, 5.41) is 4.12. The summed E-state index contributed by atoms with van der Waals surface area (Å²) >= 11 is 7.79. The number of nitrogens with zero attached hydrogens (tertiary/aromatic N) is 1. The van der Waals surface area contributed by atoms with Gasteiger partial charge in [0, 0.05) is 34.3 Å². The smallest absolute Gasteiger partial charge is 0.347 e. The van der Waals surface area contributed by atoms with Crippen molar-refractivity contribution in [2.45, 2.75) is 17.2 Å². The van der Waals surface area contributed by atoms with Gasteiger partial charge in [0.25, 0.3) is 0 Å². The molecule has 0 spiro atoms. The van der Waals surface area contributed by atoms with Crippen LogP contribution >= 0.6 is 23.4 Å². The molecule has 1 fully saturated rings. The van der Waals surface area contributed by atoms with Crippen LogP contribution in [-0.4, -0.2) is 43.7 Å². The van der Waals surface area contributed by atoms with Gasteiger partial charge in [-0.25, -0.2) is 4.79 Å². The Hall–Kier alpha value is -2.31. The van der Waals surface area contributed by atoms with Crippen LogP contribution in [0.2, 0.25) is 5.02 Å². The van der Waals surface area contributed by atoms with Crippen molar-refractivity contribution in [1.82, 2.24) is 5.32 Å². The molecule has 1 saturated heterocycles. The normalized spacial score (nSPS) is 15.3. The molecule has 0 bridgehead atoms. The highest BCUT2D eigenvalue weighted by Gasteiger charge is 2.40. The number of rotatable bonds is 7. The maximum atomic E-state index is 14.0. The number of nitrogens with one attached hydrogen (secondary N) is 1. The SMILES string of the molecule is COc1ccc(CSc2ccccc2C(=O)[N+]2(Cc3ccc(Cl)cc3)CCNCC2)cc1. The lowest BCUT2D eigenvalue weighted by atomic mass is 10.1.